The van der Waals surface area contributed by atoms with Crippen molar-refractivity contribution in [2.75, 3.05) is 0 Å². The summed E-state index contributed by atoms with van der Waals surface area (Å²) in [6.07, 6.45) is 4.35. The molecule has 0 fully saturated rings. The highest BCUT2D eigenvalue weighted by atomic mass is 35.5. The summed E-state index contributed by atoms with van der Waals surface area (Å²) in [6, 6.07) is 12.3. The normalized spacial score (nSPS) is 13.8. The Balaban J connectivity index is 1.65. The Hall–Kier alpha value is -2.26. The molecule has 0 spiro atoms. The van der Waals surface area contributed by atoms with Crippen molar-refractivity contribution in [2.24, 2.45) is 0 Å². The minimum Gasteiger partial charge on any atom is -0.461 e. The molecule has 116 valence electrons. The standard InChI is InChI=1S/C19H15ClO3/c20-13-5-3-4-12(10-13)19(21)22-14-8-9-18-16(11-14)15-6-1-2-7-17(15)23-18/h3-5,8-11H,1-2,6-7H2. The lowest BCUT2D eigenvalue weighted by Gasteiger charge is -2.09. The molecule has 0 bridgehead atoms. The van der Waals surface area contributed by atoms with Crippen molar-refractivity contribution >= 4 is 28.5 Å². The number of hydrogen-bond donors (Lipinski definition) is 0. The van der Waals surface area contributed by atoms with E-state index in [2.05, 4.69) is 0 Å². The number of furan rings is 1. The Kier molecular flexibility index (Phi) is 3.58. The number of carbonyl (C=O) groups is 1. The van der Waals surface area contributed by atoms with E-state index in [0.29, 0.717) is 16.3 Å². The Morgan fingerprint density at radius 1 is 1.09 bits per heavy atom. The molecule has 0 saturated heterocycles. The largest absolute Gasteiger partial charge is 0.461 e. The van der Waals surface area contributed by atoms with Crippen molar-refractivity contribution in [3.63, 3.8) is 0 Å². The lowest BCUT2D eigenvalue weighted by Crippen LogP contribution is -2.08. The molecule has 4 heteroatoms. The van der Waals surface area contributed by atoms with Gasteiger partial charge in [-0.05, 0) is 55.7 Å². The van der Waals surface area contributed by atoms with Gasteiger partial charge in [0.25, 0.3) is 0 Å². The van der Waals surface area contributed by atoms with Crippen LogP contribution in [0.2, 0.25) is 5.02 Å². The lowest BCUT2D eigenvalue weighted by atomic mass is 9.96. The molecule has 1 aliphatic carbocycles. The van der Waals surface area contributed by atoms with Crippen molar-refractivity contribution < 1.29 is 13.9 Å². The summed E-state index contributed by atoms with van der Waals surface area (Å²) in [5, 5.41) is 1.56. The Morgan fingerprint density at radius 3 is 2.83 bits per heavy atom. The molecule has 1 aliphatic rings. The number of esters is 1. The summed E-state index contributed by atoms with van der Waals surface area (Å²) in [4.78, 5) is 12.2. The first-order valence-corrected chi connectivity index (χ1v) is 8.10. The van der Waals surface area contributed by atoms with Gasteiger partial charge in [-0.3, -0.25) is 0 Å². The molecular formula is C19H15ClO3. The molecule has 1 heterocycles. The van der Waals surface area contributed by atoms with Crippen LogP contribution in [0.4, 0.5) is 0 Å². The van der Waals surface area contributed by atoms with E-state index in [9.17, 15) is 4.79 Å². The molecule has 3 aromatic rings. The minimum absolute atomic E-state index is 0.413. The SMILES string of the molecule is O=C(Oc1ccc2oc3c(c2c1)CCCC3)c1cccc(Cl)c1. The molecule has 0 saturated carbocycles. The van der Waals surface area contributed by atoms with E-state index in [4.69, 9.17) is 20.8 Å². The van der Waals surface area contributed by atoms with Gasteiger partial charge in [0.1, 0.15) is 17.1 Å². The summed E-state index contributed by atoms with van der Waals surface area (Å²) in [5.74, 6) is 1.19. The second-order valence-electron chi connectivity index (χ2n) is 5.77. The van der Waals surface area contributed by atoms with Gasteiger partial charge in [0.15, 0.2) is 0 Å². The number of aryl methyl sites for hydroxylation is 2. The molecule has 3 nitrogen and oxygen atoms in total. The van der Waals surface area contributed by atoms with Crippen molar-refractivity contribution in [3.05, 3.63) is 64.4 Å². The molecule has 2 aromatic carbocycles. The molecule has 23 heavy (non-hydrogen) atoms. The predicted octanol–water partition coefficient (Wildman–Crippen LogP) is 5.18. The number of fused-ring (bicyclic) bond motifs is 3. The van der Waals surface area contributed by atoms with Gasteiger partial charge in [0, 0.05) is 22.4 Å². The second kappa shape index (κ2) is 5.74. The van der Waals surface area contributed by atoms with Crippen LogP contribution < -0.4 is 4.74 Å². The fourth-order valence-electron chi connectivity index (χ4n) is 3.09. The molecule has 0 unspecified atom stereocenters. The summed E-state index contributed by atoms with van der Waals surface area (Å²) in [5.41, 5.74) is 2.55. The van der Waals surface area contributed by atoms with Gasteiger partial charge in [-0.15, -0.1) is 0 Å². The predicted molar refractivity (Wildman–Crippen MR) is 89.3 cm³/mol. The average Bonchev–Trinajstić information content (AvgIpc) is 2.93. The fraction of sp³-hybridized carbons (Fsp3) is 0.211. The van der Waals surface area contributed by atoms with Gasteiger partial charge in [-0.1, -0.05) is 17.7 Å². The molecule has 1 aromatic heterocycles. The van der Waals surface area contributed by atoms with E-state index in [1.54, 1.807) is 30.3 Å². The molecule has 0 amide bonds. The van der Waals surface area contributed by atoms with Crippen LogP contribution in [-0.2, 0) is 12.8 Å². The summed E-state index contributed by atoms with van der Waals surface area (Å²) < 4.78 is 11.4. The van der Waals surface area contributed by atoms with Crippen molar-refractivity contribution in [1.82, 2.24) is 0 Å². The third kappa shape index (κ3) is 2.73. The number of halogens is 1. The van der Waals surface area contributed by atoms with Crippen LogP contribution in [-0.4, -0.2) is 5.97 Å². The fourth-order valence-corrected chi connectivity index (χ4v) is 3.28. The van der Waals surface area contributed by atoms with E-state index in [0.717, 1.165) is 29.6 Å². The Morgan fingerprint density at radius 2 is 1.96 bits per heavy atom. The van der Waals surface area contributed by atoms with Crippen LogP contribution in [0.5, 0.6) is 5.75 Å². The Labute approximate surface area is 138 Å². The van der Waals surface area contributed by atoms with Crippen molar-refractivity contribution in [1.29, 1.82) is 0 Å². The van der Waals surface area contributed by atoms with Crippen molar-refractivity contribution in [2.45, 2.75) is 25.7 Å². The smallest absolute Gasteiger partial charge is 0.343 e. The van der Waals surface area contributed by atoms with Gasteiger partial charge < -0.3 is 9.15 Å². The first-order chi connectivity index (χ1) is 11.2. The maximum atomic E-state index is 12.2. The van der Waals surface area contributed by atoms with Gasteiger partial charge in [-0.25, -0.2) is 4.79 Å². The zero-order chi connectivity index (χ0) is 15.8. The first kappa shape index (κ1) is 14.3. The zero-order valence-corrected chi connectivity index (χ0v) is 13.2. The topological polar surface area (TPSA) is 39.4 Å². The molecular weight excluding hydrogens is 312 g/mol. The number of benzene rings is 2. The maximum absolute atomic E-state index is 12.2. The maximum Gasteiger partial charge on any atom is 0.343 e. The second-order valence-corrected chi connectivity index (χ2v) is 6.21. The van der Waals surface area contributed by atoms with Crippen LogP contribution in [0, 0.1) is 0 Å². The minimum atomic E-state index is -0.413. The number of carbonyl (C=O) groups excluding carboxylic acids is 1. The molecule has 0 N–H and O–H groups in total. The molecule has 4 rings (SSSR count). The summed E-state index contributed by atoms with van der Waals surface area (Å²) in [7, 11) is 0. The third-order valence-electron chi connectivity index (χ3n) is 4.20. The number of rotatable bonds is 2. The molecule has 0 atom stereocenters. The third-order valence-corrected chi connectivity index (χ3v) is 4.43. The Bertz CT molecular complexity index is 895. The monoisotopic (exact) mass is 326 g/mol. The van der Waals surface area contributed by atoms with Gasteiger partial charge in [-0.2, -0.15) is 0 Å². The number of hydrogen-bond acceptors (Lipinski definition) is 3. The zero-order valence-electron chi connectivity index (χ0n) is 12.5. The van der Waals surface area contributed by atoms with Gasteiger partial charge in [0.05, 0.1) is 5.56 Å². The van der Waals surface area contributed by atoms with E-state index < -0.39 is 5.97 Å². The van der Waals surface area contributed by atoms with Crippen LogP contribution in [0.1, 0.15) is 34.5 Å². The van der Waals surface area contributed by atoms with Crippen LogP contribution in [0.3, 0.4) is 0 Å². The van der Waals surface area contributed by atoms with Gasteiger partial charge >= 0.3 is 5.97 Å². The summed E-state index contributed by atoms with van der Waals surface area (Å²) >= 11 is 5.91. The molecule has 0 radical (unpaired) electrons. The highest BCUT2D eigenvalue weighted by Crippen LogP contribution is 2.34. The summed E-state index contributed by atoms with van der Waals surface area (Å²) in [6.45, 7) is 0. The molecule has 0 aliphatic heterocycles. The average molecular weight is 327 g/mol. The van der Waals surface area contributed by atoms with E-state index >= 15 is 0 Å². The highest BCUT2D eigenvalue weighted by molar-refractivity contribution is 6.30. The van der Waals surface area contributed by atoms with E-state index in [1.807, 2.05) is 12.1 Å². The number of ether oxygens (including phenoxy) is 1. The quantitative estimate of drug-likeness (QED) is 0.481. The van der Waals surface area contributed by atoms with E-state index in [-0.39, 0.29) is 0 Å². The van der Waals surface area contributed by atoms with Gasteiger partial charge in [0.2, 0.25) is 0 Å². The first-order valence-electron chi connectivity index (χ1n) is 7.73. The lowest BCUT2D eigenvalue weighted by molar-refractivity contribution is 0.0735. The van der Waals surface area contributed by atoms with Crippen LogP contribution in [0.15, 0.2) is 46.9 Å². The highest BCUT2D eigenvalue weighted by Gasteiger charge is 2.18. The van der Waals surface area contributed by atoms with E-state index in [1.165, 1.54) is 18.4 Å². The van der Waals surface area contributed by atoms with Crippen LogP contribution in [0.25, 0.3) is 11.0 Å². The van der Waals surface area contributed by atoms with Crippen molar-refractivity contribution in [3.8, 4) is 5.75 Å². The van der Waals surface area contributed by atoms with Crippen LogP contribution >= 0.6 is 11.6 Å².